The van der Waals surface area contributed by atoms with E-state index >= 15 is 0 Å². The highest BCUT2D eigenvalue weighted by molar-refractivity contribution is 6.31. The molecule has 1 heterocycles. The van der Waals surface area contributed by atoms with Crippen LogP contribution in [0.1, 0.15) is 32.9 Å². The van der Waals surface area contributed by atoms with Crippen molar-refractivity contribution in [3.05, 3.63) is 22.8 Å². The van der Waals surface area contributed by atoms with E-state index in [-0.39, 0.29) is 12.5 Å². The van der Waals surface area contributed by atoms with E-state index in [1.54, 1.807) is 0 Å². The van der Waals surface area contributed by atoms with E-state index in [4.69, 9.17) is 17.3 Å². The number of nitrogens with zero attached hydrogens (tertiary/aromatic N) is 2. The highest BCUT2D eigenvalue weighted by Crippen LogP contribution is 2.19. The number of carbonyl (C=O) groups excluding carboxylic acids is 1. The second-order valence-electron chi connectivity index (χ2n) is 5.58. The maximum Gasteiger partial charge on any atom is 0.231 e. The van der Waals surface area contributed by atoms with Crippen molar-refractivity contribution >= 4 is 23.3 Å². The van der Waals surface area contributed by atoms with Crippen molar-refractivity contribution in [3.8, 4) is 0 Å². The molecule has 0 spiro atoms. The van der Waals surface area contributed by atoms with Crippen LogP contribution in [-0.4, -0.2) is 35.4 Å². The molecule has 1 rings (SSSR count). The molecule has 1 aromatic rings. The molecule has 1 amide bonds. The van der Waals surface area contributed by atoms with Crippen molar-refractivity contribution in [2.75, 3.05) is 25.0 Å². The minimum Gasteiger partial charge on any atom is -0.370 e. The van der Waals surface area contributed by atoms with E-state index in [9.17, 15) is 4.79 Å². The van der Waals surface area contributed by atoms with E-state index in [2.05, 4.69) is 31.1 Å². The molecular formula is C15H25ClN4O. The second kappa shape index (κ2) is 8.85. The summed E-state index contributed by atoms with van der Waals surface area (Å²) in [7, 11) is 0. The maximum atomic E-state index is 11.2. The Labute approximate surface area is 131 Å². The van der Waals surface area contributed by atoms with Gasteiger partial charge in [0.1, 0.15) is 5.82 Å². The van der Waals surface area contributed by atoms with Gasteiger partial charge in [-0.3, -0.25) is 9.69 Å². The van der Waals surface area contributed by atoms with Gasteiger partial charge in [-0.15, -0.1) is 0 Å². The van der Waals surface area contributed by atoms with E-state index in [0.29, 0.717) is 17.5 Å². The van der Waals surface area contributed by atoms with E-state index in [1.165, 1.54) is 0 Å². The molecule has 1 aromatic heterocycles. The summed E-state index contributed by atoms with van der Waals surface area (Å²) in [6.45, 7) is 8.66. The summed E-state index contributed by atoms with van der Waals surface area (Å²) in [5.74, 6) is 0.899. The molecule has 21 heavy (non-hydrogen) atoms. The Morgan fingerprint density at radius 3 is 2.76 bits per heavy atom. The van der Waals surface area contributed by atoms with Gasteiger partial charge >= 0.3 is 0 Å². The predicted molar refractivity (Wildman–Crippen MR) is 87.3 cm³/mol. The summed E-state index contributed by atoms with van der Waals surface area (Å²) in [4.78, 5) is 17.7. The van der Waals surface area contributed by atoms with Crippen LogP contribution >= 0.6 is 11.6 Å². The number of aromatic nitrogens is 1. The van der Waals surface area contributed by atoms with Crippen LogP contribution < -0.4 is 11.1 Å². The Balaban J connectivity index is 2.82. The lowest BCUT2D eigenvalue weighted by Crippen LogP contribution is -2.36. The molecule has 0 radical (unpaired) electrons. The molecule has 3 N–H and O–H groups in total. The van der Waals surface area contributed by atoms with Crippen LogP contribution in [0.3, 0.4) is 0 Å². The largest absolute Gasteiger partial charge is 0.370 e. The number of pyridine rings is 1. The average Bonchev–Trinajstić information content (AvgIpc) is 2.38. The van der Waals surface area contributed by atoms with Gasteiger partial charge in [-0.25, -0.2) is 4.98 Å². The molecular weight excluding hydrogens is 288 g/mol. The first-order valence-corrected chi connectivity index (χ1v) is 7.70. The molecule has 0 saturated carbocycles. The standard InChI is InChI=1S/C15H25ClN4O/c1-4-7-18-15-6-5-12(16)13(19-15)9-20(8-11(2)3)10-14(17)21/h5-6,11H,4,7-10H2,1-3H3,(H2,17,21)(H,18,19). The van der Waals surface area contributed by atoms with E-state index in [0.717, 1.165) is 31.0 Å². The monoisotopic (exact) mass is 312 g/mol. The Morgan fingerprint density at radius 1 is 1.48 bits per heavy atom. The van der Waals surface area contributed by atoms with Gasteiger partial charge in [0.2, 0.25) is 5.91 Å². The van der Waals surface area contributed by atoms with Crippen molar-refractivity contribution in [2.45, 2.75) is 33.7 Å². The number of rotatable bonds is 9. The number of nitrogens with one attached hydrogen (secondary N) is 1. The summed E-state index contributed by atoms with van der Waals surface area (Å²) < 4.78 is 0. The molecule has 0 atom stereocenters. The van der Waals surface area contributed by atoms with Gasteiger partial charge in [-0.2, -0.15) is 0 Å². The lowest BCUT2D eigenvalue weighted by Gasteiger charge is -2.23. The van der Waals surface area contributed by atoms with Crippen LogP contribution in [0.15, 0.2) is 12.1 Å². The van der Waals surface area contributed by atoms with Gasteiger partial charge in [-0.05, 0) is 24.5 Å². The molecule has 0 unspecified atom stereocenters. The Bertz CT molecular complexity index is 465. The third-order valence-electron chi connectivity index (χ3n) is 2.85. The fraction of sp³-hybridized carbons (Fsp3) is 0.600. The summed E-state index contributed by atoms with van der Waals surface area (Å²) in [6, 6.07) is 3.70. The van der Waals surface area contributed by atoms with Gasteiger partial charge in [0, 0.05) is 19.6 Å². The van der Waals surface area contributed by atoms with Crippen LogP contribution in [0.2, 0.25) is 5.02 Å². The molecule has 0 fully saturated rings. The topological polar surface area (TPSA) is 71.2 Å². The molecule has 0 saturated heterocycles. The van der Waals surface area contributed by atoms with Crippen LogP contribution in [0.25, 0.3) is 0 Å². The zero-order valence-electron chi connectivity index (χ0n) is 13.0. The number of anilines is 1. The van der Waals surface area contributed by atoms with Gasteiger partial charge in [0.05, 0.1) is 17.3 Å². The highest BCUT2D eigenvalue weighted by atomic mass is 35.5. The lowest BCUT2D eigenvalue weighted by molar-refractivity contribution is -0.119. The zero-order chi connectivity index (χ0) is 15.8. The summed E-state index contributed by atoms with van der Waals surface area (Å²) in [5, 5.41) is 3.84. The van der Waals surface area contributed by atoms with Crippen molar-refractivity contribution in [1.29, 1.82) is 0 Å². The first-order chi connectivity index (χ1) is 9.92. The molecule has 6 heteroatoms. The minimum atomic E-state index is -0.341. The van der Waals surface area contributed by atoms with Gasteiger partial charge in [0.25, 0.3) is 0 Å². The second-order valence-corrected chi connectivity index (χ2v) is 5.99. The molecule has 0 aliphatic rings. The smallest absolute Gasteiger partial charge is 0.231 e. The van der Waals surface area contributed by atoms with E-state index in [1.807, 2.05) is 17.0 Å². The van der Waals surface area contributed by atoms with Crippen molar-refractivity contribution < 1.29 is 4.79 Å². The Hall–Kier alpha value is -1.33. The number of nitrogens with two attached hydrogens (primary N) is 1. The zero-order valence-corrected chi connectivity index (χ0v) is 13.8. The lowest BCUT2D eigenvalue weighted by atomic mass is 10.2. The molecule has 118 valence electrons. The number of carbonyl (C=O) groups is 1. The Morgan fingerprint density at radius 2 is 2.19 bits per heavy atom. The van der Waals surface area contributed by atoms with Crippen molar-refractivity contribution in [2.24, 2.45) is 11.7 Å². The number of amides is 1. The van der Waals surface area contributed by atoms with Crippen LogP contribution in [0.5, 0.6) is 0 Å². The first kappa shape index (κ1) is 17.7. The summed E-state index contributed by atoms with van der Waals surface area (Å²) in [5.41, 5.74) is 6.07. The van der Waals surface area contributed by atoms with Gasteiger partial charge < -0.3 is 11.1 Å². The minimum absolute atomic E-state index is 0.211. The number of halogens is 1. The predicted octanol–water partition coefficient (Wildman–Crippen LogP) is 2.50. The Kier molecular flexibility index (Phi) is 7.47. The number of primary amides is 1. The molecule has 0 aromatic carbocycles. The third-order valence-corrected chi connectivity index (χ3v) is 3.20. The highest BCUT2D eigenvalue weighted by Gasteiger charge is 2.14. The van der Waals surface area contributed by atoms with Gasteiger partial charge in [0.15, 0.2) is 0 Å². The quantitative estimate of drug-likeness (QED) is 0.735. The average molecular weight is 313 g/mol. The SMILES string of the molecule is CCCNc1ccc(Cl)c(CN(CC(N)=O)CC(C)C)n1. The molecule has 5 nitrogen and oxygen atoms in total. The van der Waals surface area contributed by atoms with Crippen LogP contribution in [0.4, 0.5) is 5.82 Å². The maximum absolute atomic E-state index is 11.2. The molecule has 0 bridgehead atoms. The van der Waals surface area contributed by atoms with Crippen molar-refractivity contribution in [3.63, 3.8) is 0 Å². The third kappa shape index (κ3) is 6.78. The number of hydrogen-bond donors (Lipinski definition) is 2. The fourth-order valence-electron chi connectivity index (χ4n) is 2.08. The molecule has 0 aliphatic heterocycles. The fourth-order valence-corrected chi connectivity index (χ4v) is 2.25. The summed E-state index contributed by atoms with van der Waals surface area (Å²) >= 11 is 6.21. The van der Waals surface area contributed by atoms with Crippen LogP contribution in [-0.2, 0) is 11.3 Å². The summed E-state index contributed by atoms with van der Waals surface area (Å²) in [6.07, 6.45) is 1.03. The van der Waals surface area contributed by atoms with Gasteiger partial charge in [-0.1, -0.05) is 32.4 Å². The van der Waals surface area contributed by atoms with E-state index < -0.39 is 0 Å². The number of hydrogen-bond acceptors (Lipinski definition) is 4. The van der Waals surface area contributed by atoms with Crippen molar-refractivity contribution in [1.82, 2.24) is 9.88 Å². The normalized spacial score (nSPS) is 11.1. The first-order valence-electron chi connectivity index (χ1n) is 7.32. The van der Waals surface area contributed by atoms with Crippen LogP contribution in [0, 0.1) is 5.92 Å². The molecule has 0 aliphatic carbocycles.